The van der Waals surface area contributed by atoms with Crippen LogP contribution in [0.1, 0.15) is 5.56 Å². The molecule has 1 aliphatic rings. The van der Waals surface area contributed by atoms with Gasteiger partial charge in [0.2, 0.25) is 0 Å². The van der Waals surface area contributed by atoms with Crippen LogP contribution < -0.4 is 0 Å². The molecule has 0 aliphatic carbocycles. The van der Waals surface area contributed by atoms with Crippen LogP contribution in [0.3, 0.4) is 0 Å². The van der Waals surface area contributed by atoms with Crippen LogP contribution in [0.5, 0.6) is 0 Å². The molecule has 0 saturated carbocycles. The summed E-state index contributed by atoms with van der Waals surface area (Å²) in [5.74, 6) is -0.846. The molecule has 1 aliphatic heterocycles. The van der Waals surface area contributed by atoms with Gasteiger partial charge in [-0.3, -0.25) is 0 Å². The van der Waals surface area contributed by atoms with Crippen molar-refractivity contribution < 1.29 is 24.1 Å². The van der Waals surface area contributed by atoms with E-state index in [-0.39, 0.29) is 19.1 Å². The number of aliphatic hydroxyl groups excluding tert-OH is 1. The largest absolute Gasteiger partial charge is 0.467 e. The highest BCUT2D eigenvalue weighted by molar-refractivity contribution is 5.75. The molecule has 1 heterocycles. The van der Waals surface area contributed by atoms with E-state index >= 15 is 0 Å². The van der Waals surface area contributed by atoms with Gasteiger partial charge in [-0.2, -0.15) is 0 Å². The van der Waals surface area contributed by atoms with Crippen LogP contribution in [-0.2, 0) is 25.6 Å². The Morgan fingerprint density at radius 1 is 1.42 bits per heavy atom. The van der Waals surface area contributed by atoms with Crippen molar-refractivity contribution >= 4 is 5.97 Å². The third-order valence-corrected chi connectivity index (χ3v) is 3.18. The Kier molecular flexibility index (Phi) is 4.90. The van der Waals surface area contributed by atoms with Gasteiger partial charge >= 0.3 is 5.97 Å². The van der Waals surface area contributed by atoms with Gasteiger partial charge in [-0.25, -0.2) is 4.79 Å². The van der Waals surface area contributed by atoms with E-state index in [2.05, 4.69) is 4.74 Å². The van der Waals surface area contributed by atoms with Crippen molar-refractivity contribution in [3.05, 3.63) is 35.9 Å². The quantitative estimate of drug-likeness (QED) is 0.797. The fourth-order valence-corrected chi connectivity index (χ4v) is 2.10. The predicted octanol–water partition coefficient (Wildman–Crippen LogP) is 0.752. The summed E-state index contributed by atoms with van der Waals surface area (Å²) in [6, 6.07) is 9.72. The molecular formula is C14H18O5. The molecule has 1 aromatic rings. The van der Waals surface area contributed by atoms with Gasteiger partial charge in [-0.05, 0) is 5.56 Å². The van der Waals surface area contributed by atoms with Crippen molar-refractivity contribution in [2.45, 2.75) is 18.8 Å². The molecule has 3 atom stereocenters. The fraction of sp³-hybridized carbons (Fsp3) is 0.500. The van der Waals surface area contributed by atoms with Crippen LogP contribution in [0.15, 0.2) is 30.3 Å². The molecular weight excluding hydrogens is 248 g/mol. The molecule has 5 heteroatoms. The van der Waals surface area contributed by atoms with Gasteiger partial charge in [0.25, 0.3) is 0 Å². The zero-order valence-electron chi connectivity index (χ0n) is 10.8. The summed E-state index contributed by atoms with van der Waals surface area (Å²) < 4.78 is 15.4. The van der Waals surface area contributed by atoms with Crippen molar-refractivity contribution in [3.63, 3.8) is 0 Å². The van der Waals surface area contributed by atoms with Crippen LogP contribution in [0.2, 0.25) is 0 Å². The van der Waals surface area contributed by atoms with Crippen molar-refractivity contribution in [3.8, 4) is 0 Å². The third kappa shape index (κ3) is 3.53. The molecule has 1 N–H and O–H groups in total. The lowest BCUT2D eigenvalue weighted by atomic mass is 10.0. The number of ether oxygens (including phenoxy) is 3. The Balaban J connectivity index is 1.85. The van der Waals surface area contributed by atoms with E-state index in [4.69, 9.17) is 9.47 Å². The summed E-state index contributed by atoms with van der Waals surface area (Å²) in [6.07, 6.45) is -1.43. The molecule has 0 unspecified atom stereocenters. The average Bonchev–Trinajstić information content (AvgIpc) is 2.81. The van der Waals surface area contributed by atoms with Gasteiger partial charge in [0.05, 0.1) is 33.0 Å². The standard InChI is InChI=1S/C14H18O5/c1-17-14(16)13-11(12(15)9-19-13)8-18-7-10-5-3-2-4-6-10/h2-6,11-13,15H,7-9H2,1H3/t11-,12-,13-/m1/s1. The molecule has 104 valence electrons. The predicted molar refractivity (Wildman–Crippen MR) is 67.4 cm³/mol. The van der Waals surface area contributed by atoms with E-state index in [0.29, 0.717) is 6.61 Å². The summed E-state index contributed by atoms with van der Waals surface area (Å²) in [6.45, 7) is 0.840. The normalized spacial score (nSPS) is 26.3. The van der Waals surface area contributed by atoms with Crippen LogP contribution in [0.4, 0.5) is 0 Å². The minimum absolute atomic E-state index is 0.138. The fourth-order valence-electron chi connectivity index (χ4n) is 2.10. The second-order valence-corrected chi connectivity index (χ2v) is 4.51. The lowest BCUT2D eigenvalue weighted by Crippen LogP contribution is -2.34. The smallest absolute Gasteiger partial charge is 0.335 e. The monoisotopic (exact) mass is 266 g/mol. The molecule has 19 heavy (non-hydrogen) atoms. The zero-order valence-corrected chi connectivity index (χ0v) is 10.8. The summed E-state index contributed by atoms with van der Waals surface area (Å²) in [5, 5.41) is 9.79. The number of methoxy groups -OCH3 is 1. The Morgan fingerprint density at radius 2 is 2.16 bits per heavy atom. The molecule has 0 aromatic heterocycles. The molecule has 2 rings (SSSR count). The average molecular weight is 266 g/mol. The highest BCUT2D eigenvalue weighted by atomic mass is 16.6. The van der Waals surface area contributed by atoms with E-state index in [1.807, 2.05) is 30.3 Å². The van der Waals surface area contributed by atoms with Gasteiger partial charge in [0.15, 0.2) is 6.10 Å². The summed E-state index contributed by atoms with van der Waals surface area (Å²) in [7, 11) is 1.30. The van der Waals surface area contributed by atoms with Gasteiger partial charge in [0.1, 0.15) is 0 Å². The summed E-state index contributed by atoms with van der Waals surface area (Å²) in [4.78, 5) is 11.5. The molecule has 1 saturated heterocycles. The molecule has 0 amide bonds. The second-order valence-electron chi connectivity index (χ2n) is 4.51. The first-order valence-corrected chi connectivity index (χ1v) is 6.21. The van der Waals surface area contributed by atoms with Crippen molar-refractivity contribution in [1.29, 1.82) is 0 Å². The maximum Gasteiger partial charge on any atom is 0.335 e. The number of carbonyl (C=O) groups excluding carboxylic acids is 1. The number of rotatable bonds is 5. The van der Waals surface area contributed by atoms with Crippen LogP contribution in [0.25, 0.3) is 0 Å². The van der Waals surface area contributed by atoms with Crippen molar-refractivity contribution in [1.82, 2.24) is 0 Å². The van der Waals surface area contributed by atoms with E-state index in [1.54, 1.807) is 0 Å². The van der Waals surface area contributed by atoms with Gasteiger partial charge < -0.3 is 19.3 Å². The van der Waals surface area contributed by atoms with Crippen molar-refractivity contribution in [2.75, 3.05) is 20.3 Å². The maximum atomic E-state index is 11.5. The molecule has 5 nitrogen and oxygen atoms in total. The van der Waals surface area contributed by atoms with Crippen LogP contribution >= 0.6 is 0 Å². The first-order chi connectivity index (χ1) is 9.22. The van der Waals surface area contributed by atoms with E-state index in [9.17, 15) is 9.90 Å². The summed E-state index contributed by atoms with van der Waals surface area (Å²) >= 11 is 0. The first kappa shape index (κ1) is 14.0. The van der Waals surface area contributed by atoms with Crippen LogP contribution in [-0.4, -0.2) is 43.6 Å². The second kappa shape index (κ2) is 6.65. The van der Waals surface area contributed by atoms with Crippen molar-refractivity contribution in [2.24, 2.45) is 5.92 Å². The number of hydrogen-bond donors (Lipinski definition) is 1. The molecule has 0 spiro atoms. The van der Waals surface area contributed by atoms with Gasteiger partial charge in [0, 0.05) is 5.92 Å². The van der Waals surface area contributed by atoms with E-state index in [1.165, 1.54) is 7.11 Å². The Morgan fingerprint density at radius 3 is 2.84 bits per heavy atom. The Hall–Kier alpha value is -1.43. The first-order valence-electron chi connectivity index (χ1n) is 6.21. The number of aliphatic hydroxyl groups is 1. The minimum Gasteiger partial charge on any atom is -0.467 e. The van der Waals surface area contributed by atoms with E-state index in [0.717, 1.165) is 5.56 Å². The molecule has 0 bridgehead atoms. The number of hydrogen-bond acceptors (Lipinski definition) is 5. The van der Waals surface area contributed by atoms with E-state index < -0.39 is 18.2 Å². The van der Waals surface area contributed by atoms with Gasteiger partial charge in [-0.1, -0.05) is 30.3 Å². The lowest BCUT2D eigenvalue weighted by Gasteiger charge is -2.18. The highest BCUT2D eigenvalue weighted by Crippen LogP contribution is 2.23. The van der Waals surface area contributed by atoms with Crippen LogP contribution in [0, 0.1) is 5.92 Å². The highest BCUT2D eigenvalue weighted by Gasteiger charge is 2.41. The lowest BCUT2D eigenvalue weighted by molar-refractivity contribution is -0.154. The Labute approximate surface area is 112 Å². The molecule has 1 aromatic carbocycles. The third-order valence-electron chi connectivity index (χ3n) is 3.18. The Bertz CT molecular complexity index is 406. The maximum absolute atomic E-state index is 11.5. The molecule has 0 radical (unpaired) electrons. The number of carbonyl (C=O) groups is 1. The minimum atomic E-state index is -0.740. The summed E-state index contributed by atoms with van der Waals surface area (Å²) in [5.41, 5.74) is 1.05. The molecule has 1 fully saturated rings. The zero-order chi connectivity index (χ0) is 13.7. The number of esters is 1. The van der Waals surface area contributed by atoms with Gasteiger partial charge in [-0.15, -0.1) is 0 Å². The topological polar surface area (TPSA) is 65.0 Å². The SMILES string of the molecule is COC(=O)[C@@H]1OC[C@@H](O)[C@H]1COCc1ccccc1. The number of benzene rings is 1.